The van der Waals surface area contributed by atoms with Gasteiger partial charge in [0.05, 0.1) is 5.52 Å². The summed E-state index contributed by atoms with van der Waals surface area (Å²) in [5.41, 5.74) is 3.87. The number of fused-ring (bicyclic) bond motifs is 2. The summed E-state index contributed by atoms with van der Waals surface area (Å²) in [7, 11) is 0. The van der Waals surface area contributed by atoms with E-state index in [0.717, 1.165) is 40.0 Å². The van der Waals surface area contributed by atoms with Crippen LogP contribution in [0.15, 0.2) is 48.7 Å². The van der Waals surface area contributed by atoms with Crippen molar-refractivity contribution in [3.05, 3.63) is 59.2 Å². The number of carbonyl (C=O) groups is 1. The first-order valence-electron chi connectivity index (χ1n) is 8.53. The standard InChI is InChI=1S/C20H18ClN3O2/c21-14-2-4-16-18(7-8-22-19(16)12-14)23-9-10-26-15-3-5-17-13(11-15)1-6-20(25)24-17/h2-5,7-8,11-12H,1,6,9-10H2,(H,22,23)(H,24,25). The molecule has 5 nitrogen and oxygen atoms in total. The van der Waals surface area contributed by atoms with E-state index in [1.54, 1.807) is 6.20 Å². The predicted molar refractivity (Wildman–Crippen MR) is 104 cm³/mol. The van der Waals surface area contributed by atoms with Crippen LogP contribution in [0.2, 0.25) is 5.02 Å². The first-order valence-corrected chi connectivity index (χ1v) is 8.90. The van der Waals surface area contributed by atoms with Crippen LogP contribution in [0.1, 0.15) is 12.0 Å². The number of nitrogens with one attached hydrogen (secondary N) is 2. The number of carbonyl (C=O) groups excluding carboxylic acids is 1. The number of benzene rings is 2. The normalized spacial score (nSPS) is 13.2. The van der Waals surface area contributed by atoms with Crippen molar-refractivity contribution in [2.45, 2.75) is 12.8 Å². The van der Waals surface area contributed by atoms with Gasteiger partial charge in [-0.1, -0.05) is 11.6 Å². The molecule has 1 aliphatic rings. The maximum absolute atomic E-state index is 11.4. The van der Waals surface area contributed by atoms with Gasteiger partial charge >= 0.3 is 0 Å². The molecule has 0 fully saturated rings. The van der Waals surface area contributed by atoms with Gasteiger partial charge in [0.15, 0.2) is 0 Å². The van der Waals surface area contributed by atoms with E-state index >= 15 is 0 Å². The third kappa shape index (κ3) is 3.58. The van der Waals surface area contributed by atoms with Gasteiger partial charge in [0.1, 0.15) is 12.4 Å². The van der Waals surface area contributed by atoms with Crippen molar-refractivity contribution in [1.29, 1.82) is 0 Å². The monoisotopic (exact) mass is 367 g/mol. The maximum Gasteiger partial charge on any atom is 0.224 e. The molecular formula is C20H18ClN3O2. The van der Waals surface area contributed by atoms with E-state index in [9.17, 15) is 4.79 Å². The molecule has 0 saturated carbocycles. The molecule has 4 rings (SSSR count). The second-order valence-electron chi connectivity index (χ2n) is 6.16. The highest BCUT2D eigenvalue weighted by atomic mass is 35.5. The van der Waals surface area contributed by atoms with E-state index in [-0.39, 0.29) is 5.91 Å². The molecule has 0 unspecified atom stereocenters. The molecule has 0 spiro atoms. The molecule has 6 heteroatoms. The van der Waals surface area contributed by atoms with Crippen molar-refractivity contribution < 1.29 is 9.53 Å². The van der Waals surface area contributed by atoms with Gasteiger partial charge in [0.2, 0.25) is 5.91 Å². The number of aryl methyl sites for hydroxylation is 1. The topological polar surface area (TPSA) is 63.2 Å². The molecular weight excluding hydrogens is 350 g/mol. The molecule has 132 valence electrons. The Morgan fingerprint density at radius 2 is 2.08 bits per heavy atom. The van der Waals surface area contributed by atoms with Gasteiger partial charge in [0.25, 0.3) is 0 Å². The Kier molecular flexibility index (Phi) is 4.63. The fourth-order valence-electron chi connectivity index (χ4n) is 3.08. The number of nitrogens with zero attached hydrogens (tertiary/aromatic N) is 1. The molecule has 2 aromatic carbocycles. The summed E-state index contributed by atoms with van der Waals surface area (Å²) < 4.78 is 5.84. The lowest BCUT2D eigenvalue weighted by atomic mass is 10.0. The van der Waals surface area contributed by atoms with E-state index in [1.807, 2.05) is 42.5 Å². The van der Waals surface area contributed by atoms with Crippen molar-refractivity contribution in [2.75, 3.05) is 23.8 Å². The van der Waals surface area contributed by atoms with Crippen LogP contribution in [-0.4, -0.2) is 24.0 Å². The van der Waals surface area contributed by atoms with Gasteiger partial charge in [-0.2, -0.15) is 0 Å². The second kappa shape index (κ2) is 7.22. The zero-order valence-electron chi connectivity index (χ0n) is 14.1. The largest absolute Gasteiger partial charge is 0.492 e. The lowest BCUT2D eigenvalue weighted by Gasteiger charge is -2.18. The van der Waals surface area contributed by atoms with Gasteiger partial charge < -0.3 is 15.4 Å². The number of aromatic nitrogens is 1. The lowest BCUT2D eigenvalue weighted by molar-refractivity contribution is -0.116. The summed E-state index contributed by atoms with van der Waals surface area (Å²) in [5, 5.41) is 7.96. The SMILES string of the molecule is O=C1CCc2cc(OCCNc3ccnc4cc(Cl)ccc34)ccc2N1. The summed E-state index contributed by atoms with van der Waals surface area (Å²) in [5.74, 6) is 0.884. The first kappa shape index (κ1) is 16.7. The number of hydrogen-bond donors (Lipinski definition) is 2. The van der Waals surface area contributed by atoms with Crippen molar-refractivity contribution >= 4 is 39.8 Å². The number of halogens is 1. The summed E-state index contributed by atoms with van der Waals surface area (Å²) in [6.45, 7) is 1.19. The molecule has 2 heterocycles. The first-order chi connectivity index (χ1) is 12.7. The Bertz CT molecular complexity index is 974. The van der Waals surface area contributed by atoms with Crippen molar-refractivity contribution in [3.8, 4) is 5.75 Å². The maximum atomic E-state index is 11.4. The Labute approximate surface area is 156 Å². The summed E-state index contributed by atoms with van der Waals surface area (Å²) in [4.78, 5) is 15.7. The van der Waals surface area contributed by atoms with Crippen LogP contribution in [0, 0.1) is 0 Å². The lowest BCUT2D eigenvalue weighted by Crippen LogP contribution is -2.19. The van der Waals surface area contributed by atoms with E-state index in [4.69, 9.17) is 16.3 Å². The minimum Gasteiger partial charge on any atom is -0.492 e. The minimum atomic E-state index is 0.0706. The van der Waals surface area contributed by atoms with Crippen molar-refractivity contribution in [1.82, 2.24) is 4.98 Å². The quantitative estimate of drug-likeness (QED) is 0.661. The molecule has 2 N–H and O–H groups in total. The van der Waals surface area contributed by atoms with Gasteiger partial charge in [0, 0.05) is 40.9 Å². The fourth-order valence-corrected chi connectivity index (χ4v) is 3.25. The summed E-state index contributed by atoms with van der Waals surface area (Å²) in [6, 6.07) is 13.4. The Balaban J connectivity index is 1.37. The molecule has 0 atom stereocenters. The van der Waals surface area contributed by atoms with Crippen LogP contribution < -0.4 is 15.4 Å². The number of pyridine rings is 1. The molecule has 3 aromatic rings. The molecule has 1 amide bonds. The Hall–Kier alpha value is -2.79. The number of ether oxygens (including phenoxy) is 1. The van der Waals surface area contributed by atoms with Gasteiger partial charge in [-0.05, 0) is 54.4 Å². The highest BCUT2D eigenvalue weighted by Crippen LogP contribution is 2.27. The van der Waals surface area contributed by atoms with Gasteiger partial charge in [-0.15, -0.1) is 0 Å². The summed E-state index contributed by atoms with van der Waals surface area (Å²) >= 11 is 6.02. The van der Waals surface area contributed by atoms with Crippen LogP contribution in [0.4, 0.5) is 11.4 Å². The van der Waals surface area contributed by atoms with E-state index in [2.05, 4.69) is 15.6 Å². The van der Waals surface area contributed by atoms with E-state index in [0.29, 0.717) is 24.6 Å². The second-order valence-corrected chi connectivity index (χ2v) is 6.60. The van der Waals surface area contributed by atoms with Crippen LogP contribution in [0.3, 0.4) is 0 Å². The van der Waals surface area contributed by atoms with E-state index in [1.165, 1.54) is 0 Å². The van der Waals surface area contributed by atoms with Gasteiger partial charge in [-0.3, -0.25) is 9.78 Å². The highest BCUT2D eigenvalue weighted by Gasteiger charge is 2.14. The van der Waals surface area contributed by atoms with Crippen molar-refractivity contribution in [2.24, 2.45) is 0 Å². The number of hydrogen-bond acceptors (Lipinski definition) is 4. The molecule has 26 heavy (non-hydrogen) atoms. The van der Waals surface area contributed by atoms with Crippen LogP contribution in [0.25, 0.3) is 10.9 Å². The predicted octanol–water partition coefficient (Wildman–Crippen LogP) is 4.26. The highest BCUT2D eigenvalue weighted by molar-refractivity contribution is 6.31. The molecule has 0 bridgehead atoms. The smallest absolute Gasteiger partial charge is 0.224 e. The Morgan fingerprint density at radius 1 is 1.15 bits per heavy atom. The molecule has 1 aromatic heterocycles. The van der Waals surface area contributed by atoms with E-state index < -0.39 is 0 Å². The number of anilines is 2. The zero-order chi connectivity index (χ0) is 17.9. The molecule has 0 aliphatic carbocycles. The Morgan fingerprint density at radius 3 is 3.00 bits per heavy atom. The van der Waals surface area contributed by atoms with Crippen molar-refractivity contribution in [3.63, 3.8) is 0 Å². The van der Waals surface area contributed by atoms with Crippen LogP contribution >= 0.6 is 11.6 Å². The van der Waals surface area contributed by atoms with Crippen LogP contribution in [-0.2, 0) is 11.2 Å². The third-order valence-corrected chi connectivity index (χ3v) is 4.60. The number of amides is 1. The average molecular weight is 368 g/mol. The minimum absolute atomic E-state index is 0.0706. The average Bonchev–Trinajstić information content (AvgIpc) is 2.65. The van der Waals surface area contributed by atoms with Crippen LogP contribution in [0.5, 0.6) is 5.75 Å². The van der Waals surface area contributed by atoms with Gasteiger partial charge in [-0.25, -0.2) is 0 Å². The fraction of sp³-hybridized carbons (Fsp3) is 0.200. The molecule has 1 aliphatic heterocycles. The molecule has 0 saturated heterocycles. The summed E-state index contributed by atoms with van der Waals surface area (Å²) in [6.07, 6.45) is 3.04. The molecule has 0 radical (unpaired) electrons. The third-order valence-electron chi connectivity index (χ3n) is 4.36. The zero-order valence-corrected chi connectivity index (χ0v) is 14.8. The number of rotatable bonds is 5.